The van der Waals surface area contributed by atoms with E-state index in [-0.39, 0.29) is 23.2 Å². The van der Waals surface area contributed by atoms with E-state index in [0.29, 0.717) is 0 Å². The van der Waals surface area contributed by atoms with Gasteiger partial charge >= 0.3 is 0 Å². The van der Waals surface area contributed by atoms with Crippen molar-refractivity contribution in [2.45, 2.75) is 0 Å². The number of anilines is 1. The van der Waals surface area contributed by atoms with Crippen molar-refractivity contribution >= 4 is 5.82 Å². The molecule has 18 heavy (non-hydrogen) atoms. The number of ether oxygens (including phenoxy) is 2. The maximum atomic E-state index is 13.0. The van der Waals surface area contributed by atoms with Crippen molar-refractivity contribution in [3.8, 4) is 17.4 Å². The SMILES string of the molecule is COc1c(N)ncnc1Oc1ccc(F)c(F)c1. The molecule has 2 aromatic rings. The maximum Gasteiger partial charge on any atom is 0.268 e. The third kappa shape index (κ3) is 2.29. The Morgan fingerprint density at radius 3 is 2.61 bits per heavy atom. The van der Waals surface area contributed by atoms with Crippen LogP contribution < -0.4 is 15.2 Å². The summed E-state index contributed by atoms with van der Waals surface area (Å²) in [6, 6.07) is 3.10. The molecule has 94 valence electrons. The zero-order valence-electron chi connectivity index (χ0n) is 9.35. The normalized spacial score (nSPS) is 10.2. The second kappa shape index (κ2) is 4.82. The van der Waals surface area contributed by atoms with Crippen LogP contribution in [0.2, 0.25) is 0 Å². The minimum absolute atomic E-state index is 0.0241. The second-order valence-corrected chi connectivity index (χ2v) is 3.28. The molecule has 0 aliphatic heterocycles. The van der Waals surface area contributed by atoms with Gasteiger partial charge in [-0.1, -0.05) is 0 Å². The van der Waals surface area contributed by atoms with Crippen LogP contribution in [-0.2, 0) is 0 Å². The van der Waals surface area contributed by atoms with Crippen molar-refractivity contribution in [2.24, 2.45) is 0 Å². The van der Waals surface area contributed by atoms with Crippen LogP contribution in [0.1, 0.15) is 0 Å². The van der Waals surface area contributed by atoms with Gasteiger partial charge in [-0.3, -0.25) is 0 Å². The molecule has 0 saturated heterocycles. The molecule has 1 aromatic carbocycles. The van der Waals surface area contributed by atoms with E-state index >= 15 is 0 Å². The minimum Gasteiger partial charge on any atom is -0.489 e. The van der Waals surface area contributed by atoms with Gasteiger partial charge in [-0.05, 0) is 12.1 Å². The molecule has 0 aliphatic carbocycles. The van der Waals surface area contributed by atoms with Gasteiger partial charge in [0, 0.05) is 6.07 Å². The van der Waals surface area contributed by atoms with Crippen molar-refractivity contribution in [1.82, 2.24) is 9.97 Å². The summed E-state index contributed by atoms with van der Waals surface area (Å²) < 4.78 is 36.0. The number of nitrogens with two attached hydrogens (primary N) is 1. The first-order valence-corrected chi connectivity index (χ1v) is 4.89. The Hall–Kier alpha value is -2.44. The van der Waals surface area contributed by atoms with Gasteiger partial charge in [0.1, 0.15) is 12.1 Å². The molecule has 7 heteroatoms. The highest BCUT2D eigenvalue weighted by atomic mass is 19.2. The number of methoxy groups -OCH3 is 1. The lowest BCUT2D eigenvalue weighted by Crippen LogP contribution is -2.00. The predicted molar refractivity (Wildman–Crippen MR) is 59.4 cm³/mol. The molecule has 0 bridgehead atoms. The molecule has 0 unspecified atom stereocenters. The zero-order valence-corrected chi connectivity index (χ0v) is 9.35. The largest absolute Gasteiger partial charge is 0.489 e. The zero-order chi connectivity index (χ0) is 13.1. The molecule has 5 nitrogen and oxygen atoms in total. The predicted octanol–water partition coefficient (Wildman–Crippen LogP) is 2.14. The molecule has 0 spiro atoms. The summed E-state index contributed by atoms with van der Waals surface area (Å²) in [5.41, 5.74) is 5.55. The molecule has 0 fully saturated rings. The van der Waals surface area contributed by atoms with E-state index < -0.39 is 11.6 Å². The lowest BCUT2D eigenvalue weighted by atomic mass is 10.3. The molecule has 0 saturated carbocycles. The standard InChI is InChI=1S/C11H9F2N3O2/c1-17-9-10(14)15-5-16-11(9)18-6-2-3-7(12)8(13)4-6/h2-5H,1H3,(H2,14,15,16). The van der Waals surface area contributed by atoms with Crippen LogP contribution in [0, 0.1) is 11.6 Å². The summed E-state index contributed by atoms with van der Waals surface area (Å²) in [5.74, 6) is -1.67. The fourth-order valence-corrected chi connectivity index (χ4v) is 1.29. The van der Waals surface area contributed by atoms with Gasteiger partial charge in [0.05, 0.1) is 7.11 Å². The van der Waals surface area contributed by atoms with E-state index in [1.54, 1.807) is 0 Å². The number of hydrogen-bond acceptors (Lipinski definition) is 5. The van der Waals surface area contributed by atoms with Crippen LogP contribution in [0.4, 0.5) is 14.6 Å². The van der Waals surface area contributed by atoms with Gasteiger partial charge in [-0.15, -0.1) is 0 Å². The van der Waals surface area contributed by atoms with Crippen molar-refractivity contribution in [2.75, 3.05) is 12.8 Å². The lowest BCUT2D eigenvalue weighted by Gasteiger charge is -2.09. The molecule has 2 rings (SSSR count). The summed E-state index contributed by atoms with van der Waals surface area (Å²) in [4.78, 5) is 7.51. The summed E-state index contributed by atoms with van der Waals surface area (Å²) in [6.45, 7) is 0. The number of benzene rings is 1. The molecule has 0 atom stereocenters. The Morgan fingerprint density at radius 1 is 1.17 bits per heavy atom. The number of nitrogens with zero attached hydrogens (tertiary/aromatic N) is 2. The number of aromatic nitrogens is 2. The highest BCUT2D eigenvalue weighted by Gasteiger charge is 2.13. The number of hydrogen-bond donors (Lipinski definition) is 1. The van der Waals surface area contributed by atoms with Crippen molar-refractivity contribution < 1.29 is 18.3 Å². The van der Waals surface area contributed by atoms with Crippen molar-refractivity contribution in [1.29, 1.82) is 0 Å². The van der Waals surface area contributed by atoms with E-state index in [4.69, 9.17) is 15.2 Å². The van der Waals surface area contributed by atoms with Crippen LogP contribution in [0.15, 0.2) is 24.5 Å². The highest BCUT2D eigenvalue weighted by Crippen LogP contribution is 2.32. The van der Waals surface area contributed by atoms with Crippen LogP contribution in [-0.4, -0.2) is 17.1 Å². The average molecular weight is 253 g/mol. The van der Waals surface area contributed by atoms with Gasteiger partial charge in [-0.25, -0.2) is 13.8 Å². The Balaban J connectivity index is 2.34. The average Bonchev–Trinajstić information content (AvgIpc) is 2.34. The molecule has 2 N–H and O–H groups in total. The molecule has 1 aromatic heterocycles. The maximum absolute atomic E-state index is 13.0. The molecular formula is C11H9F2N3O2. The smallest absolute Gasteiger partial charge is 0.268 e. The monoisotopic (exact) mass is 253 g/mol. The van der Waals surface area contributed by atoms with Crippen LogP contribution in [0.25, 0.3) is 0 Å². The van der Waals surface area contributed by atoms with Gasteiger partial charge in [0.25, 0.3) is 5.88 Å². The van der Waals surface area contributed by atoms with E-state index in [9.17, 15) is 8.78 Å². The second-order valence-electron chi connectivity index (χ2n) is 3.28. The van der Waals surface area contributed by atoms with Crippen molar-refractivity contribution in [3.05, 3.63) is 36.2 Å². The summed E-state index contributed by atoms with van der Waals surface area (Å²) in [5, 5.41) is 0. The molecular weight excluding hydrogens is 244 g/mol. The number of nitrogen functional groups attached to an aromatic ring is 1. The molecule has 0 amide bonds. The molecule has 0 radical (unpaired) electrons. The van der Waals surface area contributed by atoms with Gasteiger partial charge < -0.3 is 15.2 Å². The van der Waals surface area contributed by atoms with Gasteiger partial charge in [0.2, 0.25) is 5.75 Å². The van der Waals surface area contributed by atoms with E-state index in [1.807, 2.05) is 0 Å². The van der Waals surface area contributed by atoms with Gasteiger partial charge in [-0.2, -0.15) is 4.98 Å². The van der Waals surface area contributed by atoms with Crippen LogP contribution in [0.3, 0.4) is 0 Å². The minimum atomic E-state index is -1.02. The topological polar surface area (TPSA) is 70.3 Å². The van der Waals surface area contributed by atoms with E-state index in [2.05, 4.69) is 9.97 Å². The Kier molecular flexibility index (Phi) is 3.22. The fraction of sp³-hybridized carbons (Fsp3) is 0.0909. The summed E-state index contributed by atoms with van der Waals surface area (Å²) in [6.07, 6.45) is 1.17. The summed E-state index contributed by atoms with van der Waals surface area (Å²) in [7, 11) is 1.37. The van der Waals surface area contributed by atoms with Crippen LogP contribution >= 0.6 is 0 Å². The summed E-state index contributed by atoms with van der Waals surface area (Å²) >= 11 is 0. The Labute approximate surface area is 101 Å². The lowest BCUT2D eigenvalue weighted by molar-refractivity contribution is 0.367. The number of rotatable bonds is 3. The van der Waals surface area contributed by atoms with E-state index in [0.717, 1.165) is 12.1 Å². The molecule has 1 heterocycles. The van der Waals surface area contributed by atoms with E-state index in [1.165, 1.54) is 19.5 Å². The Bertz CT molecular complexity index is 578. The quantitative estimate of drug-likeness (QED) is 0.907. The highest BCUT2D eigenvalue weighted by molar-refractivity contribution is 5.52. The third-order valence-electron chi connectivity index (χ3n) is 2.11. The molecule has 0 aliphatic rings. The van der Waals surface area contributed by atoms with Crippen molar-refractivity contribution in [3.63, 3.8) is 0 Å². The first-order chi connectivity index (χ1) is 8.61. The van der Waals surface area contributed by atoms with Crippen LogP contribution in [0.5, 0.6) is 17.4 Å². The first-order valence-electron chi connectivity index (χ1n) is 4.89. The van der Waals surface area contributed by atoms with Gasteiger partial charge in [0.15, 0.2) is 17.5 Å². The first kappa shape index (κ1) is 12.0. The fourth-order valence-electron chi connectivity index (χ4n) is 1.29. The number of halogens is 2. The Morgan fingerprint density at radius 2 is 1.94 bits per heavy atom. The third-order valence-corrected chi connectivity index (χ3v) is 2.11.